The number of carbonyl (C=O) groups is 9. The number of aliphatic hydroxyl groups is 1. The summed E-state index contributed by atoms with van der Waals surface area (Å²) in [5.74, 6) is -60.5. The van der Waals surface area contributed by atoms with Crippen LogP contribution in [0.25, 0.3) is 33.4 Å². The second-order valence-electron chi connectivity index (χ2n) is 26.8. The average molecular weight is 1720 g/mol. The lowest BCUT2D eigenvalue weighted by Gasteiger charge is -2.44. The van der Waals surface area contributed by atoms with Crippen LogP contribution in [0.2, 0.25) is 0 Å². The van der Waals surface area contributed by atoms with Gasteiger partial charge in [0, 0.05) is 27.8 Å². The minimum atomic E-state index is -2.95. The molecule has 0 radical (unpaired) electrons. The number of benzene rings is 9. The number of ether oxygens (including phenoxy) is 12. The van der Waals surface area contributed by atoms with Crippen molar-refractivity contribution in [1.82, 2.24) is 0 Å². The highest BCUT2D eigenvalue weighted by Crippen LogP contribution is 2.61. The third kappa shape index (κ3) is 13.6. The molecule has 2 saturated heterocycles. The normalized spacial score (nSPS) is 20.3. The van der Waals surface area contributed by atoms with Crippen LogP contribution in [0, 0.1) is 0 Å². The maximum absolute atomic E-state index is 16.0. The van der Waals surface area contributed by atoms with Crippen LogP contribution in [0.5, 0.6) is 161 Å². The van der Waals surface area contributed by atoms with E-state index >= 15 is 9.59 Å². The van der Waals surface area contributed by atoms with Gasteiger partial charge in [-0.1, -0.05) is 0 Å². The Hall–Kier alpha value is -17.3. The van der Waals surface area contributed by atoms with Gasteiger partial charge in [-0.05, 0) is 66.7 Å². The van der Waals surface area contributed by atoms with Gasteiger partial charge >= 0.3 is 53.7 Å². The molecule has 123 heavy (non-hydrogen) atoms. The number of aliphatic hydroxyl groups excluding tert-OH is 1. The van der Waals surface area contributed by atoms with Gasteiger partial charge in [-0.15, -0.1) is 0 Å². The SMILES string of the molecule is O=C(OCC1OC(OC(=O)c2cc(O)c(O)c(Oc3c(O)c(O)c(O)c4c3C(=O)OC3C(COC(=O)c5cc(O)c(O)c(O)c5-4)OC(OC(=O)c4cc(O)c(O)c(O)c4)C4OC(=O)c5cc(O)c(O)c(O)c5-c5c(cc(O)c(O)c5O)C(=O)OC34)c2)C2OC(=O)c3cc(O)c(O)c(O)c3-c3c(cc(O)c(O)c3O)C(=O)OC2C1O)c1cc(O)c(O)c(O)c1. The summed E-state index contributed by atoms with van der Waals surface area (Å²) in [7, 11) is 0. The zero-order chi connectivity index (χ0) is 89.5. The summed E-state index contributed by atoms with van der Waals surface area (Å²) in [5.41, 5.74) is -19.4. The standard InChI is InChI=1S/C75H52O48/c76-22-1-14(2-23(77)42(22)86)65(103)112-12-33-50(94)61-63(120-71(109)20-10-30(84)47(91)53(97)37(20)35-18(69(107)118-61)8-28(82)45(89)51(35)95)74(115-33)123-67(105)16-5-26(80)44(88)32(6-16)114-60-41-40(56(100)57(101)58(60)102)39-17(7-27(81)49(93)55(39)99)68(106)113-13-34-59(117-73(41)111)62-64(75(116-34)122-66(104)15-3-24(78)43(87)25(79)4-15)121-72(110)21-11-31(85)48(92)54(98)38(21)36-19(70(108)119-62)9-29(83)46(90)52(36)96/h1-11,33-34,50,59,61-64,74-102H,12-13H2. The molecule has 5 aliphatic heterocycles. The highest BCUT2D eigenvalue weighted by Gasteiger charge is 2.58. The lowest BCUT2D eigenvalue weighted by Crippen LogP contribution is -2.63. The molecule has 9 aromatic rings. The molecule has 640 valence electrons. The molecule has 0 saturated carbocycles. The summed E-state index contributed by atoms with van der Waals surface area (Å²) < 4.78 is 68.0. The van der Waals surface area contributed by atoms with Crippen LogP contribution in [0.1, 0.15) is 93.2 Å². The highest BCUT2D eigenvalue weighted by molar-refractivity contribution is 6.13. The topological polar surface area (TPSA) is 811 Å². The summed E-state index contributed by atoms with van der Waals surface area (Å²) in [5, 5.41) is 298. The second-order valence-corrected chi connectivity index (χ2v) is 26.8. The molecule has 0 amide bonds. The fourth-order valence-corrected chi connectivity index (χ4v) is 13.5. The molecule has 0 aromatic heterocycles. The first-order valence-electron chi connectivity index (χ1n) is 34.2. The maximum atomic E-state index is 16.0. The van der Waals surface area contributed by atoms with Crippen LogP contribution in [0.15, 0.2) is 66.7 Å². The van der Waals surface area contributed by atoms with Crippen LogP contribution in [0.3, 0.4) is 0 Å². The van der Waals surface area contributed by atoms with Gasteiger partial charge in [0.1, 0.15) is 37.1 Å². The third-order valence-electron chi connectivity index (χ3n) is 19.4. The lowest BCUT2D eigenvalue weighted by atomic mass is 9.90. The monoisotopic (exact) mass is 1720 g/mol. The fourth-order valence-electron chi connectivity index (χ4n) is 13.5. The van der Waals surface area contributed by atoms with E-state index in [1.807, 2.05) is 0 Å². The number of rotatable bonds is 9. The summed E-state index contributed by atoms with van der Waals surface area (Å²) in [6.45, 7) is -2.96. The first-order chi connectivity index (χ1) is 57.9. The number of cyclic esters (lactones) is 1. The van der Waals surface area contributed by atoms with Crippen molar-refractivity contribution < 1.29 is 238 Å². The van der Waals surface area contributed by atoms with Crippen molar-refractivity contribution in [2.45, 2.75) is 61.4 Å². The predicted molar refractivity (Wildman–Crippen MR) is 379 cm³/mol. The largest absolute Gasteiger partial charge is 0.504 e. The van der Waals surface area contributed by atoms with E-state index in [1.54, 1.807) is 0 Å². The van der Waals surface area contributed by atoms with Gasteiger partial charge in [0.05, 0.1) is 50.1 Å². The Bertz CT molecular complexity index is 6140. The van der Waals surface area contributed by atoms with Crippen molar-refractivity contribution in [3.63, 3.8) is 0 Å². The number of esters is 9. The van der Waals surface area contributed by atoms with Gasteiger partial charge < -0.3 is 195 Å². The molecule has 0 aliphatic carbocycles. The van der Waals surface area contributed by atoms with Gasteiger partial charge in [0.15, 0.2) is 133 Å². The number of phenols is 26. The summed E-state index contributed by atoms with van der Waals surface area (Å²) in [6.07, 6.45) is -27.4. The Balaban J connectivity index is 0.906. The van der Waals surface area contributed by atoms with Crippen molar-refractivity contribution in [3.05, 3.63) is 117 Å². The summed E-state index contributed by atoms with van der Waals surface area (Å²) in [6, 6.07) is 3.85. The first kappa shape index (κ1) is 82.2. The van der Waals surface area contributed by atoms with E-state index in [9.17, 15) is 171 Å². The lowest BCUT2D eigenvalue weighted by molar-refractivity contribution is -0.283. The Morgan fingerprint density at radius 1 is 0.301 bits per heavy atom. The van der Waals surface area contributed by atoms with Crippen molar-refractivity contribution >= 4 is 53.7 Å². The number of carbonyl (C=O) groups excluding carboxylic acids is 9. The molecular weight excluding hydrogens is 1670 g/mol. The van der Waals surface area contributed by atoms with E-state index in [0.717, 1.165) is 0 Å². The van der Waals surface area contributed by atoms with Gasteiger partial charge in [-0.25, -0.2) is 43.2 Å². The molecule has 27 N–H and O–H groups in total. The molecule has 48 heteroatoms. The number of hydrogen-bond donors (Lipinski definition) is 27. The van der Waals surface area contributed by atoms with Gasteiger partial charge in [-0.2, -0.15) is 0 Å². The quantitative estimate of drug-likeness (QED) is 0.0561. The highest BCUT2D eigenvalue weighted by atomic mass is 16.8. The number of phenolic OH excluding ortho intramolecular Hbond substituents is 26. The first-order valence-corrected chi connectivity index (χ1v) is 34.2. The minimum Gasteiger partial charge on any atom is -0.504 e. The predicted octanol–water partition coefficient (Wildman–Crippen LogP) is 2.73. The van der Waals surface area contributed by atoms with E-state index in [4.69, 9.17) is 56.8 Å². The van der Waals surface area contributed by atoms with Gasteiger partial charge in [0.25, 0.3) is 0 Å². The van der Waals surface area contributed by atoms with Crippen molar-refractivity contribution in [2.24, 2.45) is 0 Å². The molecule has 0 spiro atoms. The van der Waals surface area contributed by atoms with Crippen LogP contribution >= 0.6 is 0 Å². The Morgan fingerprint density at radius 2 is 0.618 bits per heavy atom. The summed E-state index contributed by atoms with van der Waals surface area (Å²) in [4.78, 5) is 133. The number of hydrogen-bond acceptors (Lipinski definition) is 48. The van der Waals surface area contributed by atoms with E-state index < -0.39 is 373 Å². The molecule has 10 unspecified atom stereocenters. The summed E-state index contributed by atoms with van der Waals surface area (Å²) >= 11 is 0. The molecule has 9 aromatic carbocycles. The Labute approximate surface area is 675 Å². The third-order valence-corrected chi connectivity index (χ3v) is 19.4. The fraction of sp³-hybridized carbons (Fsp3) is 0.160. The molecule has 5 aliphatic rings. The smallest absolute Gasteiger partial charge is 0.343 e. The maximum Gasteiger partial charge on any atom is 0.343 e. The zero-order valence-electron chi connectivity index (χ0n) is 60.2. The van der Waals surface area contributed by atoms with Crippen LogP contribution in [0.4, 0.5) is 0 Å². The number of fused-ring (bicyclic) bond motifs is 13. The van der Waals surface area contributed by atoms with Crippen LogP contribution in [-0.4, -0.2) is 266 Å². The van der Waals surface area contributed by atoms with E-state index in [1.165, 1.54) is 0 Å². The van der Waals surface area contributed by atoms with E-state index in [0.29, 0.717) is 36.4 Å². The molecule has 2 fully saturated rings. The van der Waals surface area contributed by atoms with Gasteiger partial charge in [0.2, 0.25) is 70.8 Å². The van der Waals surface area contributed by atoms with Gasteiger partial charge in [-0.3, -0.25) is 0 Å². The molecular formula is C75H52O48. The van der Waals surface area contributed by atoms with E-state index in [2.05, 4.69) is 0 Å². The number of aromatic hydroxyl groups is 26. The molecule has 10 atom stereocenters. The minimum absolute atomic E-state index is 0.221. The molecule has 5 heterocycles. The Morgan fingerprint density at radius 3 is 1.03 bits per heavy atom. The zero-order valence-corrected chi connectivity index (χ0v) is 60.2. The molecule has 14 rings (SSSR count). The Kier molecular flexibility index (Phi) is 20.1. The molecule has 48 nitrogen and oxygen atoms in total. The van der Waals surface area contributed by atoms with Crippen molar-refractivity contribution in [3.8, 4) is 194 Å². The molecule has 0 bridgehead atoms. The van der Waals surface area contributed by atoms with Crippen LogP contribution < -0.4 is 4.74 Å². The average Bonchev–Trinajstić information content (AvgIpc) is 1.11. The van der Waals surface area contributed by atoms with Crippen molar-refractivity contribution in [2.75, 3.05) is 13.2 Å². The van der Waals surface area contributed by atoms with E-state index in [-0.39, 0.29) is 30.3 Å². The second kappa shape index (κ2) is 30.0. The van der Waals surface area contributed by atoms with Crippen LogP contribution in [-0.2, 0) is 52.1 Å². The van der Waals surface area contributed by atoms with Crippen molar-refractivity contribution in [1.29, 1.82) is 0 Å².